The summed E-state index contributed by atoms with van der Waals surface area (Å²) in [6.07, 6.45) is 0. The van der Waals surface area contributed by atoms with Crippen LogP contribution in [0, 0.1) is 6.92 Å². The van der Waals surface area contributed by atoms with Crippen LogP contribution in [0.5, 0.6) is 5.75 Å². The summed E-state index contributed by atoms with van der Waals surface area (Å²) in [6, 6.07) is 9.61. The molecule has 0 spiro atoms. The van der Waals surface area contributed by atoms with Gasteiger partial charge in [-0.3, -0.25) is 19.2 Å². The fourth-order valence-corrected chi connectivity index (χ4v) is 4.82. The molecule has 3 rings (SSSR count). The van der Waals surface area contributed by atoms with E-state index in [0.29, 0.717) is 22.0 Å². The molecule has 0 saturated carbocycles. The van der Waals surface area contributed by atoms with Crippen LogP contribution in [0.2, 0.25) is 0 Å². The molecule has 1 N–H and O–H groups in total. The molecule has 0 bridgehead atoms. The molecule has 0 radical (unpaired) electrons. The van der Waals surface area contributed by atoms with E-state index in [9.17, 15) is 18.0 Å². The normalized spacial score (nSPS) is 13.6. The maximum atomic E-state index is 13.0. The molecule has 2 aromatic rings. The Morgan fingerprint density at radius 3 is 2.66 bits per heavy atom. The molecule has 2 aromatic carbocycles. The molecule has 0 saturated heterocycles. The van der Waals surface area contributed by atoms with E-state index in [-0.39, 0.29) is 23.1 Å². The Bertz CT molecular complexity index is 1070. The SMILES string of the molecule is COC(=O)CN1C(=O)CSc2ccc(S(=O)(=O)Nc3cc(C)ccc3OC)cc21. The van der Waals surface area contributed by atoms with Crippen LogP contribution in [0.15, 0.2) is 46.2 Å². The molecule has 1 amide bonds. The summed E-state index contributed by atoms with van der Waals surface area (Å²) < 4.78 is 38.3. The number of carbonyl (C=O) groups is 2. The van der Waals surface area contributed by atoms with Crippen molar-refractivity contribution in [1.82, 2.24) is 0 Å². The topological polar surface area (TPSA) is 102 Å². The first-order valence-corrected chi connectivity index (χ1v) is 11.0. The third kappa shape index (κ3) is 4.48. The molecule has 1 aliphatic rings. The second-order valence-electron chi connectivity index (χ2n) is 6.28. The number of carbonyl (C=O) groups excluding carboxylic acids is 2. The number of aryl methyl sites for hydroxylation is 1. The Labute approximate surface area is 173 Å². The standard InChI is InChI=1S/C19H20N2O6S2/c1-12-4-6-16(26-2)14(8-12)20-29(24,25)13-5-7-17-15(9-13)21(10-19(23)27-3)18(22)11-28-17/h4-9,20H,10-11H2,1-3H3. The van der Waals surface area contributed by atoms with Crippen molar-refractivity contribution < 1.29 is 27.5 Å². The van der Waals surface area contributed by atoms with Crippen molar-refractivity contribution in [3.05, 3.63) is 42.0 Å². The van der Waals surface area contributed by atoms with E-state index in [2.05, 4.69) is 9.46 Å². The number of fused-ring (bicyclic) bond motifs is 1. The highest BCUT2D eigenvalue weighted by atomic mass is 32.2. The van der Waals surface area contributed by atoms with Gasteiger partial charge in [-0.05, 0) is 42.8 Å². The van der Waals surface area contributed by atoms with E-state index in [4.69, 9.17) is 4.74 Å². The molecule has 1 aliphatic heterocycles. The zero-order valence-electron chi connectivity index (χ0n) is 16.1. The third-order valence-electron chi connectivity index (χ3n) is 4.30. The van der Waals surface area contributed by atoms with Gasteiger partial charge in [-0.15, -0.1) is 11.8 Å². The molecule has 0 aliphatic carbocycles. The first-order chi connectivity index (χ1) is 13.7. The molecule has 0 atom stereocenters. The van der Waals surface area contributed by atoms with E-state index < -0.39 is 16.0 Å². The summed E-state index contributed by atoms with van der Waals surface area (Å²) >= 11 is 1.29. The lowest BCUT2D eigenvalue weighted by Crippen LogP contribution is -2.39. The number of esters is 1. The van der Waals surface area contributed by atoms with Gasteiger partial charge in [-0.25, -0.2) is 8.42 Å². The van der Waals surface area contributed by atoms with Gasteiger partial charge in [-0.2, -0.15) is 0 Å². The molecule has 154 valence electrons. The van der Waals surface area contributed by atoms with Gasteiger partial charge in [0, 0.05) is 4.90 Å². The summed E-state index contributed by atoms with van der Waals surface area (Å²) in [4.78, 5) is 25.9. The number of nitrogens with one attached hydrogen (secondary N) is 1. The van der Waals surface area contributed by atoms with Crippen LogP contribution in [-0.2, 0) is 24.3 Å². The monoisotopic (exact) mass is 436 g/mol. The number of anilines is 2. The fourth-order valence-electron chi connectivity index (χ4n) is 2.82. The van der Waals surface area contributed by atoms with E-state index in [1.807, 2.05) is 13.0 Å². The van der Waals surface area contributed by atoms with Crippen LogP contribution in [0.4, 0.5) is 11.4 Å². The number of hydrogen-bond acceptors (Lipinski definition) is 7. The number of ether oxygens (including phenoxy) is 2. The van der Waals surface area contributed by atoms with Crippen molar-refractivity contribution in [2.24, 2.45) is 0 Å². The lowest BCUT2D eigenvalue weighted by Gasteiger charge is -2.28. The molecule has 0 fully saturated rings. The fraction of sp³-hybridized carbons (Fsp3) is 0.263. The van der Waals surface area contributed by atoms with Gasteiger partial charge in [0.15, 0.2) is 0 Å². The van der Waals surface area contributed by atoms with Crippen LogP contribution in [0.25, 0.3) is 0 Å². The van der Waals surface area contributed by atoms with Gasteiger partial charge < -0.3 is 9.47 Å². The molecule has 1 heterocycles. The first kappa shape index (κ1) is 21.0. The number of nitrogens with zero attached hydrogens (tertiary/aromatic N) is 1. The van der Waals surface area contributed by atoms with Crippen molar-refractivity contribution in [2.75, 3.05) is 36.1 Å². The average Bonchev–Trinajstić information content (AvgIpc) is 2.69. The molecule has 0 aromatic heterocycles. The molecular weight excluding hydrogens is 416 g/mol. The molecule has 8 nitrogen and oxygen atoms in total. The van der Waals surface area contributed by atoms with E-state index in [1.165, 1.54) is 43.0 Å². The molecule has 29 heavy (non-hydrogen) atoms. The molecule has 10 heteroatoms. The lowest BCUT2D eigenvalue weighted by atomic mass is 10.2. The van der Waals surface area contributed by atoms with Gasteiger partial charge >= 0.3 is 5.97 Å². The lowest BCUT2D eigenvalue weighted by molar-refractivity contribution is -0.139. The van der Waals surface area contributed by atoms with Gasteiger partial charge in [0.05, 0.1) is 36.2 Å². The van der Waals surface area contributed by atoms with Crippen LogP contribution in [0.3, 0.4) is 0 Å². The van der Waals surface area contributed by atoms with Gasteiger partial charge in [0.1, 0.15) is 12.3 Å². The molecular formula is C19H20N2O6S2. The largest absolute Gasteiger partial charge is 0.495 e. The Hall–Kier alpha value is -2.72. The van der Waals surface area contributed by atoms with Crippen LogP contribution >= 0.6 is 11.8 Å². The summed E-state index contributed by atoms with van der Waals surface area (Å²) in [6.45, 7) is 1.55. The van der Waals surface area contributed by atoms with Gasteiger partial charge in [-0.1, -0.05) is 6.07 Å². The average molecular weight is 437 g/mol. The van der Waals surface area contributed by atoms with Gasteiger partial charge in [0.25, 0.3) is 10.0 Å². The van der Waals surface area contributed by atoms with Gasteiger partial charge in [0.2, 0.25) is 5.91 Å². The minimum absolute atomic E-state index is 0.0371. The maximum Gasteiger partial charge on any atom is 0.325 e. The third-order valence-corrected chi connectivity index (χ3v) is 6.71. The minimum Gasteiger partial charge on any atom is -0.495 e. The minimum atomic E-state index is -3.96. The number of amides is 1. The smallest absolute Gasteiger partial charge is 0.325 e. The quantitative estimate of drug-likeness (QED) is 0.694. The number of hydrogen-bond donors (Lipinski definition) is 1. The van der Waals surface area contributed by atoms with Crippen molar-refractivity contribution >= 4 is 45.0 Å². The van der Waals surface area contributed by atoms with Crippen molar-refractivity contribution in [3.63, 3.8) is 0 Å². The molecule has 0 unspecified atom stereocenters. The predicted octanol–water partition coefficient (Wildman–Crippen LogP) is 2.42. The Kier molecular flexibility index (Phi) is 6.04. The number of benzene rings is 2. The number of rotatable bonds is 6. The van der Waals surface area contributed by atoms with Crippen molar-refractivity contribution in [1.29, 1.82) is 0 Å². The summed E-state index contributed by atoms with van der Waals surface area (Å²) in [5.41, 5.74) is 1.53. The number of methoxy groups -OCH3 is 2. The predicted molar refractivity (Wildman–Crippen MR) is 110 cm³/mol. The van der Waals surface area contributed by atoms with E-state index >= 15 is 0 Å². The van der Waals surface area contributed by atoms with E-state index in [1.54, 1.807) is 18.2 Å². The zero-order chi connectivity index (χ0) is 21.2. The van der Waals surface area contributed by atoms with Crippen molar-refractivity contribution in [3.8, 4) is 5.75 Å². The van der Waals surface area contributed by atoms with Crippen LogP contribution < -0.4 is 14.4 Å². The Balaban J connectivity index is 1.98. The van der Waals surface area contributed by atoms with Crippen molar-refractivity contribution in [2.45, 2.75) is 16.7 Å². The zero-order valence-corrected chi connectivity index (χ0v) is 17.7. The number of thioether (sulfide) groups is 1. The highest BCUT2D eigenvalue weighted by Gasteiger charge is 2.29. The maximum absolute atomic E-state index is 13.0. The van der Waals surface area contributed by atoms with E-state index in [0.717, 1.165) is 5.56 Å². The van der Waals surface area contributed by atoms with Crippen LogP contribution in [-0.4, -0.2) is 46.8 Å². The summed E-state index contributed by atoms with van der Waals surface area (Å²) in [5.74, 6) is -0.340. The summed E-state index contributed by atoms with van der Waals surface area (Å²) in [7, 11) is -1.28. The Morgan fingerprint density at radius 2 is 1.97 bits per heavy atom. The summed E-state index contributed by atoms with van der Waals surface area (Å²) in [5, 5.41) is 0. The second kappa shape index (κ2) is 8.34. The highest BCUT2D eigenvalue weighted by molar-refractivity contribution is 8.00. The second-order valence-corrected chi connectivity index (χ2v) is 8.98. The Morgan fingerprint density at radius 1 is 1.21 bits per heavy atom. The van der Waals surface area contributed by atoms with Crippen LogP contribution in [0.1, 0.15) is 5.56 Å². The first-order valence-electron chi connectivity index (χ1n) is 8.56. The number of sulfonamides is 1. The highest BCUT2D eigenvalue weighted by Crippen LogP contribution is 2.37.